The van der Waals surface area contributed by atoms with E-state index >= 15 is 0 Å². The van der Waals surface area contributed by atoms with Crippen LogP contribution in [0.3, 0.4) is 0 Å². The Kier molecular flexibility index (Phi) is 5.52. The van der Waals surface area contributed by atoms with Crippen LogP contribution in [0.4, 0.5) is 0 Å². The van der Waals surface area contributed by atoms with Crippen LogP contribution in [0, 0.1) is 6.92 Å². The first-order chi connectivity index (χ1) is 10.0. The van der Waals surface area contributed by atoms with Crippen LogP contribution in [-0.2, 0) is 4.79 Å². The van der Waals surface area contributed by atoms with Crippen molar-refractivity contribution < 1.29 is 9.53 Å². The predicted molar refractivity (Wildman–Crippen MR) is 89.0 cm³/mol. The third-order valence-electron chi connectivity index (χ3n) is 2.63. The van der Waals surface area contributed by atoms with E-state index in [9.17, 15) is 4.79 Å². The summed E-state index contributed by atoms with van der Waals surface area (Å²) in [6.07, 6.45) is 0. The molecule has 0 fully saturated rings. The molecule has 0 aliphatic heterocycles. The van der Waals surface area contributed by atoms with Crippen molar-refractivity contribution in [3.8, 4) is 5.75 Å². The van der Waals surface area contributed by atoms with Gasteiger partial charge >= 0.3 is 0 Å². The van der Waals surface area contributed by atoms with Gasteiger partial charge in [-0.3, -0.25) is 4.79 Å². The van der Waals surface area contributed by atoms with Crippen LogP contribution in [0.5, 0.6) is 5.75 Å². The monoisotopic (exact) mass is 366 g/mol. The van der Waals surface area contributed by atoms with Gasteiger partial charge in [0.25, 0.3) is 5.91 Å². The van der Waals surface area contributed by atoms with Gasteiger partial charge in [0, 0.05) is 9.35 Å². The van der Waals surface area contributed by atoms with Crippen LogP contribution >= 0.6 is 27.3 Å². The highest BCUT2D eigenvalue weighted by molar-refractivity contribution is 9.10. The minimum atomic E-state index is -0.287. The summed E-state index contributed by atoms with van der Waals surface area (Å²) in [7, 11) is 0. The Balaban J connectivity index is 1.83. The molecule has 1 aromatic heterocycles. The number of hydrazone groups is 1. The normalized spacial score (nSPS) is 11.3. The number of thiophene rings is 1. The maximum atomic E-state index is 11.7. The lowest BCUT2D eigenvalue weighted by Crippen LogP contribution is -2.25. The topological polar surface area (TPSA) is 50.7 Å². The summed E-state index contributed by atoms with van der Waals surface area (Å²) >= 11 is 4.98. The number of rotatable bonds is 5. The molecule has 0 atom stereocenters. The molecule has 1 amide bonds. The van der Waals surface area contributed by atoms with Gasteiger partial charge in [0.05, 0.1) is 10.6 Å². The Hall–Kier alpha value is -1.66. The summed E-state index contributed by atoms with van der Waals surface area (Å²) in [5.41, 5.74) is 3.28. The number of carbonyl (C=O) groups excluding carboxylic acids is 1. The Labute approximate surface area is 136 Å². The van der Waals surface area contributed by atoms with E-state index in [1.807, 2.05) is 38.1 Å². The Bertz CT molecular complexity index is 650. The fourth-order valence-corrected chi connectivity index (χ4v) is 2.62. The van der Waals surface area contributed by atoms with Crippen molar-refractivity contribution in [2.75, 3.05) is 6.61 Å². The van der Waals surface area contributed by atoms with Crippen LogP contribution in [0.25, 0.3) is 0 Å². The zero-order chi connectivity index (χ0) is 15.2. The van der Waals surface area contributed by atoms with Gasteiger partial charge < -0.3 is 4.74 Å². The smallest absolute Gasteiger partial charge is 0.277 e. The molecule has 21 heavy (non-hydrogen) atoms. The van der Waals surface area contributed by atoms with Gasteiger partial charge in [-0.25, -0.2) is 5.43 Å². The molecule has 0 saturated heterocycles. The van der Waals surface area contributed by atoms with E-state index in [0.717, 1.165) is 15.1 Å². The van der Waals surface area contributed by atoms with E-state index in [4.69, 9.17) is 4.74 Å². The molecular formula is C15H15BrN2O2S. The standard InChI is InChI=1S/C15H15BrN2O2S/c1-10-3-8-14(21-10)11(2)17-18-15(19)9-20-13-6-4-12(16)5-7-13/h3-8H,9H2,1-2H3,(H,18,19)/b17-11-. The van der Waals surface area contributed by atoms with Crippen molar-refractivity contribution in [3.63, 3.8) is 0 Å². The zero-order valence-electron chi connectivity index (χ0n) is 11.7. The van der Waals surface area contributed by atoms with Gasteiger partial charge in [-0.05, 0) is 50.2 Å². The van der Waals surface area contributed by atoms with Crippen molar-refractivity contribution in [1.82, 2.24) is 5.43 Å². The van der Waals surface area contributed by atoms with E-state index in [2.05, 4.69) is 26.5 Å². The lowest BCUT2D eigenvalue weighted by atomic mass is 10.3. The summed E-state index contributed by atoms with van der Waals surface area (Å²) in [5, 5.41) is 4.07. The Morgan fingerprint density at radius 1 is 1.29 bits per heavy atom. The van der Waals surface area contributed by atoms with Crippen molar-refractivity contribution in [2.45, 2.75) is 13.8 Å². The van der Waals surface area contributed by atoms with Crippen molar-refractivity contribution in [1.29, 1.82) is 0 Å². The van der Waals surface area contributed by atoms with Crippen molar-refractivity contribution >= 4 is 38.9 Å². The lowest BCUT2D eigenvalue weighted by Gasteiger charge is -2.05. The molecule has 0 spiro atoms. The maximum absolute atomic E-state index is 11.7. The summed E-state index contributed by atoms with van der Waals surface area (Å²) in [5.74, 6) is 0.355. The molecule has 0 saturated carbocycles. The zero-order valence-corrected chi connectivity index (χ0v) is 14.1. The summed E-state index contributed by atoms with van der Waals surface area (Å²) in [6, 6.07) is 11.3. The largest absolute Gasteiger partial charge is 0.484 e. The van der Waals surface area contributed by atoms with Gasteiger partial charge in [-0.15, -0.1) is 11.3 Å². The number of aryl methyl sites for hydroxylation is 1. The fraction of sp³-hybridized carbons (Fsp3) is 0.200. The van der Waals surface area contributed by atoms with Gasteiger partial charge in [0.2, 0.25) is 0 Å². The number of benzene rings is 1. The fourth-order valence-electron chi connectivity index (χ4n) is 1.54. The average Bonchev–Trinajstić information content (AvgIpc) is 2.91. The summed E-state index contributed by atoms with van der Waals surface area (Å²) in [4.78, 5) is 13.9. The molecule has 0 radical (unpaired) electrons. The third kappa shape index (κ3) is 4.99. The van der Waals surface area contributed by atoms with Gasteiger partial charge in [-0.1, -0.05) is 15.9 Å². The minimum Gasteiger partial charge on any atom is -0.484 e. The lowest BCUT2D eigenvalue weighted by molar-refractivity contribution is -0.123. The van der Waals surface area contributed by atoms with E-state index in [1.165, 1.54) is 4.88 Å². The SMILES string of the molecule is C/C(=N/NC(=O)COc1ccc(Br)cc1)c1ccc(C)s1. The number of carbonyl (C=O) groups is 1. The number of nitrogens with zero attached hydrogens (tertiary/aromatic N) is 1. The molecule has 0 bridgehead atoms. The molecule has 1 aromatic carbocycles. The molecule has 1 N–H and O–H groups in total. The number of halogens is 1. The third-order valence-corrected chi connectivity index (χ3v) is 4.27. The van der Waals surface area contributed by atoms with Crippen LogP contribution in [0.1, 0.15) is 16.7 Å². The quantitative estimate of drug-likeness (QED) is 0.647. The Morgan fingerprint density at radius 3 is 2.62 bits per heavy atom. The first kappa shape index (κ1) is 15.7. The molecule has 0 unspecified atom stereocenters. The van der Waals surface area contributed by atoms with E-state index in [-0.39, 0.29) is 12.5 Å². The molecule has 110 valence electrons. The summed E-state index contributed by atoms with van der Waals surface area (Å²) in [6.45, 7) is 3.83. The van der Waals surface area contributed by atoms with Gasteiger partial charge in [0.15, 0.2) is 6.61 Å². The number of hydrogen-bond acceptors (Lipinski definition) is 4. The molecular weight excluding hydrogens is 352 g/mol. The first-order valence-corrected chi connectivity index (χ1v) is 7.94. The molecule has 0 aliphatic carbocycles. The molecule has 4 nitrogen and oxygen atoms in total. The Morgan fingerprint density at radius 2 is 2.00 bits per heavy atom. The number of hydrogen-bond donors (Lipinski definition) is 1. The molecule has 2 rings (SSSR count). The van der Waals surface area contributed by atoms with Crippen molar-refractivity contribution in [2.24, 2.45) is 5.10 Å². The van der Waals surface area contributed by atoms with Crippen LogP contribution < -0.4 is 10.2 Å². The van der Waals surface area contributed by atoms with Gasteiger partial charge in [0.1, 0.15) is 5.75 Å². The highest BCUT2D eigenvalue weighted by Crippen LogP contribution is 2.16. The van der Waals surface area contributed by atoms with Crippen LogP contribution in [0.2, 0.25) is 0 Å². The molecule has 6 heteroatoms. The maximum Gasteiger partial charge on any atom is 0.277 e. The minimum absolute atomic E-state index is 0.0676. The first-order valence-electron chi connectivity index (χ1n) is 6.33. The average molecular weight is 367 g/mol. The second kappa shape index (κ2) is 7.38. The van der Waals surface area contributed by atoms with Crippen LogP contribution in [0.15, 0.2) is 46.0 Å². The van der Waals surface area contributed by atoms with Crippen molar-refractivity contribution in [3.05, 3.63) is 50.6 Å². The predicted octanol–water partition coefficient (Wildman–Crippen LogP) is 3.74. The van der Waals surface area contributed by atoms with E-state index in [1.54, 1.807) is 23.5 Å². The molecule has 2 aromatic rings. The number of ether oxygens (including phenoxy) is 1. The second-order valence-electron chi connectivity index (χ2n) is 4.39. The van der Waals surface area contributed by atoms with Gasteiger partial charge in [-0.2, -0.15) is 5.10 Å². The van der Waals surface area contributed by atoms with E-state index < -0.39 is 0 Å². The van der Waals surface area contributed by atoms with E-state index in [0.29, 0.717) is 5.75 Å². The number of nitrogens with one attached hydrogen (secondary N) is 1. The second-order valence-corrected chi connectivity index (χ2v) is 6.59. The molecule has 0 aliphatic rings. The molecule has 1 heterocycles. The summed E-state index contributed by atoms with van der Waals surface area (Å²) < 4.78 is 6.33. The highest BCUT2D eigenvalue weighted by Gasteiger charge is 2.04. The number of amides is 1. The van der Waals surface area contributed by atoms with Crippen LogP contribution in [-0.4, -0.2) is 18.2 Å². The highest BCUT2D eigenvalue weighted by atomic mass is 79.9.